The van der Waals surface area contributed by atoms with E-state index in [1.54, 1.807) is 6.07 Å². The van der Waals surface area contributed by atoms with E-state index in [1.807, 2.05) is 15.5 Å². The number of piperidine rings is 1. The Morgan fingerprint density at radius 3 is 2.75 bits per heavy atom. The third-order valence-electron chi connectivity index (χ3n) is 7.63. The summed E-state index contributed by atoms with van der Waals surface area (Å²) >= 11 is 0. The quantitative estimate of drug-likeness (QED) is 0.532. The highest BCUT2D eigenvalue weighted by Gasteiger charge is 2.34. The number of anilines is 2. The Morgan fingerprint density at radius 2 is 1.92 bits per heavy atom. The maximum absolute atomic E-state index is 14.3. The van der Waals surface area contributed by atoms with Crippen molar-refractivity contribution in [1.29, 1.82) is 0 Å². The lowest BCUT2D eigenvalue weighted by Gasteiger charge is -2.38. The highest BCUT2D eigenvalue weighted by Crippen LogP contribution is 2.39. The van der Waals surface area contributed by atoms with Gasteiger partial charge in [-0.05, 0) is 43.9 Å². The first-order valence-electron chi connectivity index (χ1n) is 13.0. The van der Waals surface area contributed by atoms with Gasteiger partial charge in [0.2, 0.25) is 0 Å². The molecule has 0 spiro atoms. The molecule has 2 fully saturated rings. The third-order valence-corrected chi connectivity index (χ3v) is 7.63. The molecule has 5 heterocycles. The van der Waals surface area contributed by atoms with Gasteiger partial charge >= 0.3 is 0 Å². The second kappa shape index (κ2) is 9.49. The molecule has 3 aliphatic rings. The highest BCUT2D eigenvalue weighted by atomic mass is 19.1. The van der Waals surface area contributed by atoms with Crippen molar-refractivity contribution in [3.63, 3.8) is 0 Å². The summed E-state index contributed by atoms with van der Waals surface area (Å²) in [7, 11) is 2.08. The fourth-order valence-corrected chi connectivity index (χ4v) is 5.60. The predicted molar refractivity (Wildman–Crippen MR) is 136 cm³/mol. The van der Waals surface area contributed by atoms with Crippen molar-refractivity contribution in [2.24, 2.45) is 5.73 Å². The number of rotatable bonds is 1. The van der Waals surface area contributed by atoms with Crippen LogP contribution in [0.1, 0.15) is 55.6 Å². The highest BCUT2D eigenvalue weighted by molar-refractivity contribution is 5.60. The lowest BCUT2D eigenvalue weighted by Crippen LogP contribution is -2.56. The minimum atomic E-state index is -0.996. The van der Waals surface area contributed by atoms with Crippen molar-refractivity contribution in [3.05, 3.63) is 47.4 Å². The zero-order valence-electron chi connectivity index (χ0n) is 20.7. The average molecular weight is 496 g/mol. The Labute approximate surface area is 210 Å². The van der Waals surface area contributed by atoms with E-state index in [0.29, 0.717) is 24.5 Å². The molecule has 10 heteroatoms. The number of nitrogens with two attached hydrogens (primary N) is 1. The first kappa shape index (κ1) is 23.4. The first-order valence-corrected chi connectivity index (χ1v) is 13.0. The number of aliphatic hydroxyl groups excluding tert-OH is 1. The molecule has 2 unspecified atom stereocenters. The van der Waals surface area contributed by atoms with Gasteiger partial charge in [0.25, 0.3) is 0 Å². The molecule has 9 nitrogen and oxygen atoms in total. The predicted octanol–water partition coefficient (Wildman–Crippen LogP) is 2.84. The van der Waals surface area contributed by atoms with Crippen LogP contribution in [-0.2, 0) is 0 Å². The van der Waals surface area contributed by atoms with Crippen molar-refractivity contribution in [3.8, 4) is 5.75 Å². The fraction of sp³-hybridized carbons (Fsp3) is 0.538. The summed E-state index contributed by atoms with van der Waals surface area (Å²) in [6, 6.07) is 8.60. The summed E-state index contributed by atoms with van der Waals surface area (Å²) in [5.74, 6) is 2.04. The van der Waals surface area contributed by atoms with Gasteiger partial charge in [-0.15, -0.1) is 0 Å². The molecule has 0 aliphatic carbocycles. The van der Waals surface area contributed by atoms with E-state index >= 15 is 0 Å². The van der Waals surface area contributed by atoms with Gasteiger partial charge in [0.15, 0.2) is 5.65 Å². The second-order valence-electron chi connectivity index (χ2n) is 10.3. The summed E-state index contributed by atoms with van der Waals surface area (Å²) in [5.41, 5.74) is 8.16. The van der Waals surface area contributed by atoms with E-state index < -0.39 is 6.23 Å². The van der Waals surface area contributed by atoms with Crippen molar-refractivity contribution in [1.82, 2.24) is 19.5 Å². The zero-order valence-corrected chi connectivity index (χ0v) is 20.7. The molecule has 0 amide bonds. The number of ether oxygens (including phenoxy) is 1. The molecule has 0 radical (unpaired) electrons. The Balaban J connectivity index is 1.45. The van der Waals surface area contributed by atoms with Crippen LogP contribution in [0.25, 0.3) is 5.65 Å². The van der Waals surface area contributed by atoms with Gasteiger partial charge in [-0.2, -0.15) is 9.61 Å². The lowest BCUT2D eigenvalue weighted by atomic mass is 9.97. The normalized spacial score (nSPS) is 24.0. The Hall–Kier alpha value is -2.95. The van der Waals surface area contributed by atoms with Crippen LogP contribution < -0.4 is 20.3 Å². The van der Waals surface area contributed by atoms with Crippen molar-refractivity contribution < 1.29 is 14.2 Å². The van der Waals surface area contributed by atoms with E-state index in [1.165, 1.54) is 12.1 Å². The standard InChI is InChI=1S/C26H34FN7O2/c1-31-9-4-5-11-36-22-8-7-17(27)12-19(22)26(35)33-10-3-2-6-21(33)20-13-24-29-23(32-15-18(28)16-32)14-25(31)34(24)30-20/h7-8,12-14,18,21,26,35H,2-6,9-11,15-16,28H2,1H3. The van der Waals surface area contributed by atoms with Crippen LogP contribution >= 0.6 is 0 Å². The Morgan fingerprint density at radius 1 is 1.08 bits per heavy atom. The van der Waals surface area contributed by atoms with Crippen LogP contribution in [0, 0.1) is 5.82 Å². The SMILES string of the molecule is CN1CCCCOc2ccc(F)cc2C(O)N2CCCCC2c2cc3nc(N4CC(N)C4)cc1n3n2. The molecule has 3 N–H and O–H groups in total. The average Bonchev–Trinajstić information content (AvgIpc) is 3.29. The van der Waals surface area contributed by atoms with Crippen molar-refractivity contribution in [2.45, 2.75) is 50.4 Å². The fourth-order valence-electron chi connectivity index (χ4n) is 5.60. The van der Waals surface area contributed by atoms with Crippen molar-refractivity contribution >= 4 is 17.3 Å². The van der Waals surface area contributed by atoms with Crippen LogP contribution in [0.15, 0.2) is 30.3 Å². The van der Waals surface area contributed by atoms with Crippen molar-refractivity contribution in [2.75, 3.05) is 49.6 Å². The summed E-state index contributed by atoms with van der Waals surface area (Å²) < 4.78 is 22.2. The van der Waals surface area contributed by atoms with E-state index in [-0.39, 0.29) is 17.9 Å². The van der Waals surface area contributed by atoms with Gasteiger partial charge in [0.1, 0.15) is 29.4 Å². The number of aromatic nitrogens is 3. The monoisotopic (exact) mass is 495 g/mol. The van der Waals surface area contributed by atoms with Gasteiger partial charge in [0, 0.05) is 57.0 Å². The molecule has 3 aromatic rings. The van der Waals surface area contributed by atoms with E-state index in [0.717, 1.165) is 74.7 Å². The van der Waals surface area contributed by atoms with E-state index in [4.69, 9.17) is 20.6 Å². The zero-order chi connectivity index (χ0) is 24.8. The number of aliphatic hydroxyl groups is 1. The molecule has 2 atom stereocenters. The largest absolute Gasteiger partial charge is 0.493 e. The molecule has 1 aromatic carbocycles. The molecule has 3 aliphatic heterocycles. The maximum atomic E-state index is 14.3. The maximum Gasteiger partial charge on any atom is 0.160 e. The summed E-state index contributed by atoms with van der Waals surface area (Å²) in [5, 5.41) is 16.5. The van der Waals surface area contributed by atoms with Crippen LogP contribution in [0.5, 0.6) is 5.75 Å². The topological polar surface area (TPSA) is 95.4 Å². The van der Waals surface area contributed by atoms with Gasteiger partial charge < -0.3 is 25.4 Å². The molecular formula is C26H34FN7O2. The summed E-state index contributed by atoms with van der Waals surface area (Å²) in [4.78, 5) is 11.4. The Kier molecular flexibility index (Phi) is 6.18. The number of benzene rings is 1. The third kappa shape index (κ3) is 4.27. The van der Waals surface area contributed by atoms with Crippen LogP contribution in [-0.4, -0.2) is 70.5 Å². The number of hydrogen-bond donors (Lipinski definition) is 2. The second-order valence-corrected chi connectivity index (χ2v) is 10.3. The lowest BCUT2D eigenvalue weighted by molar-refractivity contribution is -0.0471. The van der Waals surface area contributed by atoms with Crippen LogP contribution in [0.3, 0.4) is 0 Å². The van der Waals surface area contributed by atoms with Crippen LogP contribution in [0.2, 0.25) is 0 Å². The smallest absolute Gasteiger partial charge is 0.160 e. The van der Waals surface area contributed by atoms with E-state index in [9.17, 15) is 9.50 Å². The van der Waals surface area contributed by atoms with Crippen LogP contribution in [0.4, 0.5) is 16.0 Å². The van der Waals surface area contributed by atoms with Gasteiger partial charge in [-0.1, -0.05) is 6.42 Å². The molecular weight excluding hydrogens is 461 g/mol. The number of hydrogen-bond acceptors (Lipinski definition) is 8. The summed E-state index contributed by atoms with van der Waals surface area (Å²) in [6.07, 6.45) is 3.58. The minimum Gasteiger partial charge on any atom is -0.493 e. The van der Waals surface area contributed by atoms with Gasteiger partial charge in [-0.25, -0.2) is 9.37 Å². The molecule has 36 heavy (non-hydrogen) atoms. The molecule has 192 valence electrons. The molecule has 0 saturated carbocycles. The Bertz CT molecular complexity index is 1240. The van der Waals surface area contributed by atoms with Gasteiger partial charge in [0.05, 0.1) is 18.3 Å². The number of halogens is 1. The molecule has 2 aromatic heterocycles. The van der Waals surface area contributed by atoms with E-state index in [2.05, 4.69) is 22.9 Å². The molecule has 6 rings (SSSR count). The molecule has 2 saturated heterocycles. The number of fused-ring (bicyclic) bond motifs is 4. The number of nitrogens with zero attached hydrogens (tertiary/aromatic N) is 6. The first-order chi connectivity index (χ1) is 17.5. The molecule has 2 bridgehead atoms. The minimum absolute atomic E-state index is 0.115. The summed E-state index contributed by atoms with van der Waals surface area (Å²) in [6.45, 7) is 3.60. The van der Waals surface area contributed by atoms with Gasteiger partial charge in [-0.3, -0.25) is 4.90 Å².